The Morgan fingerprint density at radius 2 is 0.769 bits per heavy atom. The monoisotopic (exact) mass is 420 g/mol. The van der Waals surface area contributed by atoms with E-state index in [0.717, 1.165) is 23.0 Å². The van der Waals surface area contributed by atoms with Crippen LogP contribution in [0.2, 0.25) is 0 Å². The molecule has 2 heterocycles. The van der Waals surface area contributed by atoms with Gasteiger partial charge in [-0.15, -0.1) is 20.8 Å². The Morgan fingerprint density at radius 1 is 0.538 bits per heavy atom. The van der Waals surface area contributed by atoms with Crippen molar-refractivity contribution >= 4 is 20.8 Å². The number of rotatable bonds is 6. The summed E-state index contributed by atoms with van der Waals surface area (Å²) in [5, 5.41) is 12.8. The lowest BCUT2D eigenvalue weighted by atomic mass is 10.2. The maximum absolute atomic E-state index is 6.38. The number of nitrogens with zero attached hydrogens (tertiary/aromatic N) is 2. The van der Waals surface area contributed by atoms with Gasteiger partial charge in [0.25, 0.3) is 0 Å². The van der Waals surface area contributed by atoms with E-state index >= 15 is 0 Å². The Labute approximate surface area is 164 Å². The van der Waals surface area contributed by atoms with Crippen molar-refractivity contribution in [2.75, 3.05) is 49.2 Å². The van der Waals surface area contributed by atoms with E-state index in [-0.39, 0.29) is 9.41 Å². The van der Waals surface area contributed by atoms with Crippen molar-refractivity contribution in [2.24, 2.45) is 10.3 Å². The smallest absolute Gasteiger partial charge is 0.00853 e. The summed E-state index contributed by atoms with van der Waals surface area (Å²) >= 11 is 0. The summed E-state index contributed by atoms with van der Waals surface area (Å²) in [4.78, 5) is 0. The highest BCUT2D eigenvalue weighted by atomic mass is 32.3. The fraction of sp³-hybridized carbons (Fsp3) is 1.00. The minimum absolute atomic E-state index is 0. The zero-order valence-corrected chi connectivity index (χ0v) is 19.2. The largest absolute Gasteiger partial charge is 0.283 e. The average molecular weight is 421 g/mol. The molecule has 0 atom stereocenters. The number of hydrogen-bond donors (Lipinski definition) is 2. The standard InChI is InChI=1S/2C9H22N2S.2FH/c2*1-3-12(10,4-2)11-8-6-5-7-9-11;;/h2*3-10H2,1-2H3;2*1H. The highest BCUT2D eigenvalue weighted by molar-refractivity contribution is 8.30. The van der Waals surface area contributed by atoms with Crippen molar-refractivity contribution in [3.8, 4) is 0 Å². The molecule has 4 N–H and O–H groups in total. The molecule has 0 bridgehead atoms. The summed E-state index contributed by atoms with van der Waals surface area (Å²) in [5.41, 5.74) is 0. The first-order valence-corrected chi connectivity index (χ1v) is 14.1. The van der Waals surface area contributed by atoms with Crippen LogP contribution in [-0.2, 0) is 0 Å². The molecule has 2 saturated heterocycles. The normalized spacial score (nSPS) is 20.8. The highest BCUT2D eigenvalue weighted by Gasteiger charge is 2.25. The Bertz CT molecular complexity index is 299. The molecule has 0 unspecified atom stereocenters. The molecule has 2 aliphatic heterocycles. The van der Waals surface area contributed by atoms with E-state index in [2.05, 4.69) is 36.3 Å². The molecule has 0 saturated carbocycles. The summed E-state index contributed by atoms with van der Waals surface area (Å²) in [7, 11) is -1.77. The third-order valence-corrected chi connectivity index (χ3v) is 12.4. The van der Waals surface area contributed by atoms with Gasteiger partial charge in [-0.05, 0) is 48.7 Å². The zero-order valence-electron chi connectivity index (χ0n) is 17.6. The van der Waals surface area contributed by atoms with Crippen LogP contribution in [0.4, 0.5) is 9.41 Å². The van der Waals surface area contributed by atoms with Gasteiger partial charge in [-0.25, -0.2) is 0 Å². The second kappa shape index (κ2) is 14.4. The van der Waals surface area contributed by atoms with Gasteiger partial charge in [0.15, 0.2) is 0 Å². The molecule has 0 radical (unpaired) electrons. The highest BCUT2D eigenvalue weighted by Crippen LogP contribution is 2.45. The summed E-state index contributed by atoms with van der Waals surface area (Å²) in [6.07, 6.45) is 8.22. The van der Waals surface area contributed by atoms with Crippen LogP contribution in [0.5, 0.6) is 0 Å². The minimum atomic E-state index is -0.883. The van der Waals surface area contributed by atoms with Gasteiger partial charge < -0.3 is 0 Å². The topological polar surface area (TPSA) is 58.5 Å². The molecular formula is C18H46F2N4S2. The molecule has 26 heavy (non-hydrogen) atoms. The average Bonchev–Trinajstić information content (AvgIpc) is 2.68. The fourth-order valence-corrected chi connectivity index (χ4v) is 7.84. The summed E-state index contributed by atoms with van der Waals surface area (Å²) in [6.45, 7) is 13.9. The van der Waals surface area contributed by atoms with Crippen LogP contribution in [-0.4, -0.2) is 57.8 Å². The summed E-state index contributed by atoms with van der Waals surface area (Å²) < 4.78 is 5.10. The number of nitrogens with two attached hydrogens (primary N) is 2. The first-order valence-electron chi connectivity index (χ1n) is 10.1. The predicted molar refractivity (Wildman–Crippen MR) is 122 cm³/mol. The number of halogens is 2. The van der Waals surface area contributed by atoms with Crippen LogP contribution in [0.25, 0.3) is 0 Å². The summed E-state index contributed by atoms with van der Waals surface area (Å²) in [5.74, 6) is 4.62. The van der Waals surface area contributed by atoms with Crippen LogP contribution < -0.4 is 10.3 Å². The quantitative estimate of drug-likeness (QED) is 0.663. The van der Waals surface area contributed by atoms with E-state index in [9.17, 15) is 0 Å². The van der Waals surface area contributed by atoms with Gasteiger partial charge in [0, 0.05) is 26.2 Å². The van der Waals surface area contributed by atoms with Crippen LogP contribution in [0.1, 0.15) is 66.2 Å². The number of hydrogen-bond acceptors (Lipinski definition) is 4. The molecular weight excluding hydrogens is 374 g/mol. The SMILES string of the molecule is CCS(N)(CC)N1CCCCC1.CCS(N)(CC)N1CCCCC1.F.F. The first kappa shape index (κ1) is 28.6. The van der Waals surface area contributed by atoms with Crippen molar-refractivity contribution < 1.29 is 9.41 Å². The Hall–Kier alpha value is 0.400. The second-order valence-electron chi connectivity index (χ2n) is 6.94. The number of piperidine rings is 2. The second-order valence-corrected chi connectivity index (χ2v) is 13.9. The Kier molecular flexibility index (Phi) is 15.9. The molecule has 2 rings (SSSR count). The van der Waals surface area contributed by atoms with Crippen LogP contribution in [0.3, 0.4) is 0 Å². The molecule has 0 aliphatic carbocycles. The molecule has 0 aromatic rings. The lowest BCUT2D eigenvalue weighted by Crippen LogP contribution is -2.39. The van der Waals surface area contributed by atoms with Crippen molar-refractivity contribution in [2.45, 2.75) is 66.2 Å². The third-order valence-electron chi connectivity index (χ3n) is 5.66. The molecule has 2 fully saturated rings. The molecule has 164 valence electrons. The summed E-state index contributed by atoms with van der Waals surface area (Å²) in [6, 6.07) is 0. The van der Waals surface area contributed by atoms with E-state index in [4.69, 9.17) is 10.3 Å². The van der Waals surface area contributed by atoms with E-state index in [1.54, 1.807) is 0 Å². The van der Waals surface area contributed by atoms with Crippen LogP contribution >= 0.6 is 20.8 Å². The lowest BCUT2D eigenvalue weighted by molar-refractivity contribution is 0.371. The lowest BCUT2D eigenvalue weighted by Gasteiger charge is -2.46. The van der Waals surface area contributed by atoms with Crippen molar-refractivity contribution in [3.05, 3.63) is 0 Å². The van der Waals surface area contributed by atoms with Gasteiger partial charge in [0.1, 0.15) is 0 Å². The van der Waals surface area contributed by atoms with Gasteiger partial charge in [-0.2, -0.15) is 0 Å². The van der Waals surface area contributed by atoms with Crippen molar-refractivity contribution in [3.63, 3.8) is 0 Å². The van der Waals surface area contributed by atoms with E-state index in [1.807, 2.05) is 0 Å². The molecule has 0 aromatic heterocycles. The van der Waals surface area contributed by atoms with E-state index < -0.39 is 20.8 Å². The molecule has 0 amide bonds. The fourth-order valence-electron chi connectivity index (χ4n) is 3.60. The minimum Gasteiger partial charge on any atom is -0.283 e. The first-order chi connectivity index (χ1) is 11.5. The van der Waals surface area contributed by atoms with Crippen LogP contribution in [0, 0.1) is 0 Å². The van der Waals surface area contributed by atoms with Gasteiger partial charge in [0.2, 0.25) is 0 Å². The maximum atomic E-state index is 6.38. The Balaban J connectivity index is 0. The molecule has 8 heteroatoms. The third kappa shape index (κ3) is 8.19. The predicted octanol–water partition coefficient (Wildman–Crippen LogP) is 4.52. The van der Waals surface area contributed by atoms with E-state index in [1.165, 1.54) is 64.7 Å². The maximum Gasteiger partial charge on any atom is 0.00853 e. The molecule has 0 aromatic carbocycles. The molecule has 4 nitrogen and oxygen atoms in total. The Morgan fingerprint density at radius 3 is 0.962 bits per heavy atom. The van der Waals surface area contributed by atoms with Gasteiger partial charge in [-0.3, -0.25) is 28.3 Å². The molecule has 2 aliphatic rings. The molecule has 0 spiro atoms. The van der Waals surface area contributed by atoms with Crippen LogP contribution in [0.15, 0.2) is 0 Å². The van der Waals surface area contributed by atoms with Crippen molar-refractivity contribution in [1.29, 1.82) is 0 Å². The van der Waals surface area contributed by atoms with Gasteiger partial charge >= 0.3 is 0 Å². The van der Waals surface area contributed by atoms with Crippen molar-refractivity contribution in [1.82, 2.24) is 8.61 Å². The van der Waals surface area contributed by atoms with E-state index in [0.29, 0.717) is 0 Å². The zero-order chi connectivity index (χ0) is 18.1. The van der Waals surface area contributed by atoms with Gasteiger partial charge in [-0.1, -0.05) is 40.5 Å². The van der Waals surface area contributed by atoms with Gasteiger partial charge in [0.05, 0.1) is 0 Å².